The van der Waals surface area contributed by atoms with Crippen LogP contribution in [0.2, 0.25) is 0 Å². The van der Waals surface area contributed by atoms with Gasteiger partial charge < -0.3 is 15.8 Å². The highest BCUT2D eigenvalue weighted by Gasteiger charge is 2.25. The molecule has 0 aromatic heterocycles. The highest BCUT2D eigenvalue weighted by atomic mass is 16.4. The van der Waals surface area contributed by atoms with E-state index in [1.54, 1.807) is 0 Å². The fraction of sp³-hybridized carbons (Fsp3) is 0.900. The van der Waals surface area contributed by atoms with Crippen molar-refractivity contribution in [2.75, 3.05) is 19.6 Å². The smallest absolute Gasteiger partial charge is 0.140 e. The first-order valence-electron chi connectivity index (χ1n) is 5.22. The van der Waals surface area contributed by atoms with Gasteiger partial charge >= 0.3 is 0 Å². The van der Waals surface area contributed by atoms with Crippen LogP contribution in [-0.2, 0) is 0 Å². The summed E-state index contributed by atoms with van der Waals surface area (Å²) < 4.78 is 0. The van der Waals surface area contributed by atoms with Gasteiger partial charge in [-0.05, 0) is 24.8 Å². The van der Waals surface area contributed by atoms with Gasteiger partial charge in [0.1, 0.15) is 5.84 Å². The van der Waals surface area contributed by atoms with Crippen LogP contribution < -0.4 is 5.73 Å². The van der Waals surface area contributed by atoms with Gasteiger partial charge in [-0.2, -0.15) is 0 Å². The Bertz CT molecular complexity index is 213. The molecule has 3 N–H and O–H groups in total. The number of rotatable bonds is 3. The van der Waals surface area contributed by atoms with Crippen molar-refractivity contribution in [3.05, 3.63) is 0 Å². The Balaban J connectivity index is 2.31. The Hall–Kier alpha value is -0.770. The topological polar surface area (TPSA) is 61.8 Å². The first-order chi connectivity index (χ1) is 6.53. The number of amidine groups is 1. The summed E-state index contributed by atoms with van der Waals surface area (Å²) in [5, 5.41) is 11.4. The van der Waals surface area contributed by atoms with E-state index in [9.17, 15) is 0 Å². The number of nitrogens with zero attached hydrogens (tertiary/aromatic N) is 2. The average molecular weight is 199 g/mol. The summed E-state index contributed by atoms with van der Waals surface area (Å²) in [6.07, 6.45) is 3.21. The van der Waals surface area contributed by atoms with Crippen molar-refractivity contribution in [2.24, 2.45) is 16.3 Å². The average Bonchev–Trinajstić information content (AvgIpc) is 2.12. The van der Waals surface area contributed by atoms with Crippen LogP contribution in [0.15, 0.2) is 5.16 Å². The predicted octanol–water partition coefficient (Wildman–Crippen LogP) is 1.24. The van der Waals surface area contributed by atoms with E-state index in [0.29, 0.717) is 17.7 Å². The molecule has 14 heavy (non-hydrogen) atoms. The summed E-state index contributed by atoms with van der Waals surface area (Å²) in [5.74, 6) is 0.327. The number of piperidine rings is 1. The minimum absolute atomic E-state index is 0.327. The molecule has 0 spiro atoms. The Morgan fingerprint density at radius 3 is 2.86 bits per heavy atom. The molecule has 1 rings (SSSR count). The lowest BCUT2D eigenvalue weighted by molar-refractivity contribution is 0.120. The van der Waals surface area contributed by atoms with E-state index >= 15 is 0 Å². The molecule has 1 heterocycles. The van der Waals surface area contributed by atoms with E-state index < -0.39 is 0 Å². The van der Waals surface area contributed by atoms with Crippen molar-refractivity contribution in [1.82, 2.24) is 4.90 Å². The standard InChI is InChI=1S/C10H21N3O/c1-10(2)5-3-6-13(8-10)7-4-9(11)12-14/h14H,3-8H2,1-2H3,(H2,11,12). The normalized spacial score (nSPS) is 23.7. The minimum atomic E-state index is 0.327. The molecule has 0 bridgehead atoms. The summed E-state index contributed by atoms with van der Waals surface area (Å²) >= 11 is 0. The molecular weight excluding hydrogens is 178 g/mol. The van der Waals surface area contributed by atoms with Gasteiger partial charge in [0.25, 0.3) is 0 Å². The second kappa shape index (κ2) is 4.64. The molecule has 0 aliphatic carbocycles. The summed E-state index contributed by atoms with van der Waals surface area (Å²) in [5.41, 5.74) is 5.85. The molecule has 1 fully saturated rings. The molecule has 1 aliphatic rings. The zero-order valence-corrected chi connectivity index (χ0v) is 9.16. The van der Waals surface area contributed by atoms with Crippen LogP contribution in [0.3, 0.4) is 0 Å². The van der Waals surface area contributed by atoms with Gasteiger partial charge in [-0.1, -0.05) is 19.0 Å². The largest absolute Gasteiger partial charge is 0.409 e. The first kappa shape index (κ1) is 11.3. The molecule has 0 atom stereocenters. The molecule has 0 aromatic rings. The zero-order chi connectivity index (χ0) is 10.6. The van der Waals surface area contributed by atoms with Crippen molar-refractivity contribution in [1.29, 1.82) is 0 Å². The van der Waals surface area contributed by atoms with Gasteiger partial charge in [0.05, 0.1) is 0 Å². The van der Waals surface area contributed by atoms with Crippen molar-refractivity contribution < 1.29 is 5.21 Å². The van der Waals surface area contributed by atoms with E-state index in [4.69, 9.17) is 10.9 Å². The number of hydrogen-bond acceptors (Lipinski definition) is 3. The highest BCUT2D eigenvalue weighted by Crippen LogP contribution is 2.28. The third-order valence-corrected chi connectivity index (χ3v) is 2.79. The van der Waals surface area contributed by atoms with Crippen molar-refractivity contribution >= 4 is 5.84 Å². The van der Waals surface area contributed by atoms with Crippen molar-refractivity contribution in [3.63, 3.8) is 0 Å². The summed E-state index contributed by atoms with van der Waals surface area (Å²) in [6.45, 7) is 7.75. The van der Waals surface area contributed by atoms with E-state index in [1.807, 2.05) is 0 Å². The molecule has 1 saturated heterocycles. The maximum atomic E-state index is 8.41. The quantitative estimate of drug-likeness (QED) is 0.311. The van der Waals surface area contributed by atoms with Gasteiger partial charge in [-0.3, -0.25) is 0 Å². The second-order valence-corrected chi connectivity index (χ2v) is 4.89. The number of oxime groups is 1. The number of hydrogen-bond donors (Lipinski definition) is 2. The van der Waals surface area contributed by atoms with Gasteiger partial charge in [-0.25, -0.2) is 0 Å². The summed E-state index contributed by atoms with van der Waals surface area (Å²) in [4.78, 5) is 2.39. The highest BCUT2D eigenvalue weighted by molar-refractivity contribution is 5.79. The van der Waals surface area contributed by atoms with Crippen molar-refractivity contribution in [2.45, 2.75) is 33.1 Å². The summed E-state index contributed by atoms with van der Waals surface area (Å²) in [6, 6.07) is 0. The molecule has 0 radical (unpaired) electrons. The Morgan fingerprint density at radius 2 is 2.29 bits per heavy atom. The lowest BCUT2D eigenvalue weighted by atomic mass is 9.84. The van der Waals surface area contributed by atoms with E-state index in [1.165, 1.54) is 12.8 Å². The zero-order valence-electron chi connectivity index (χ0n) is 9.16. The van der Waals surface area contributed by atoms with Crippen LogP contribution in [0.4, 0.5) is 0 Å². The van der Waals surface area contributed by atoms with E-state index in [-0.39, 0.29) is 0 Å². The predicted molar refractivity (Wildman–Crippen MR) is 57.5 cm³/mol. The van der Waals surface area contributed by atoms with Crippen LogP contribution in [-0.4, -0.2) is 35.6 Å². The molecule has 82 valence electrons. The van der Waals surface area contributed by atoms with Crippen molar-refractivity contribution in [3.8, 4) is 0 Å². The van der Waals surface area contributed by atoms with Crippen LogP contribution in [0.1, 0.15) is 33.1 Å². The third-order valence-electron chi connectivity index (χ3n) is 2.79. The molecule has 0 unspecified atom stereocenters. The van der Waals surface area contributed by atoms with Gasteiger partial charge in [-0.15, -0.1) is 0 Å². The Morgan fingerprint density at radius 1 is 1.57 bits per heavy atom. The molecular formula is C10H21N3O. The molecule has 4 heteroatoms. The van der Waals surface area contributed by atoms with E-state index in [2.05, 4.69) is 23.9 Å². The van der Waals surface area contributed by atoms with Crippen LogP contribution in [0.5, 0.6) is 0 Å². The Kier molecular flexibility index (Phi) is 3.75. The third kappa shape index (κ3) is 3.54. The van der Waals surface area contributed by atoms with Gasteiger partial charge in [0.2, 0.25) is 0 Å². The molecule has 0 saturated carbocycles. The maximum absolute atomic E-state index is 8.41. The Labute approximate surface area is 85.8 Å². The number of nitrogens with two attached hydrogens (primary N) is 1. The monoisotopic (exact) mass is 199 g/mol. The van der Waals surface area contributed by atoms with E-state index in [0.717, 1.165) is 19.6 Å². The first-order valence-corrected chi connectivity index (χ1v) is 5.22. The fourth-order valence-corrected chi connectivity index (χ4v) is 2.06. The van der Waals surface area contributed by atoms with Gasteiger partial charge in [0.15, 0.2) is 0 Å². The molecule has 1 aliphatic heterocycles. The van der Waals surface area contributed by atoms with Crippen LogP contribution in [0.25, 0.3) is 0 Å². The molecule has 4 nitrogen and oxygen atoms in total. The minimum Gasteiger partial charge on any atom is -0.409 e. The second-order valence-electron chi connectivity index (χ2n) is 4.89. The lowest BCUT2D eigenvalue weighted by Gasteiger charge is -2.37. The SMILES string of the molecule is CC1(C)CCCN(CCC(N)=NO)C1. The lowest BCUT2D eigenvalue weighted by Crippen LogP contribution is -2.41. The fourth-order valence-electron chi connectivity index (χ4n) is 2.06. The summed E-state index contributed by atoms with van der Waals surface area (Å²) in [7, 11) is 0. The van der Waals surface area contributed by atoms with Crippen LogP contribution in [0, 0.1) is 5.41 Å². The molecule has 0 aromatic carbocycles. The molecule has 0 amide bonds. The maximum Gasteiger partial charge on any atom is 0.140 e. The van der Waals surface area contributed by atoms with Gasteiger partial charge in [0, 0.05) is 19.5 Å². The van der Waals surface area contributed by atoms with Crippen LogP contribution >= 0.6 is 0 Å². The number of likely N-dealkylation sites (tertiary alicyclic amines) is 1.